The van der Waals surface area contributed by atoms with Gasteiger partial charge in [-0.1, -0.05) is 20.8 Å². The summed E-state index contributed by atoms with van der Waals surface area (Å²) in [4.78, 5) is 4.93. The number of ether oxygens (including phenoxy) is 1. The number of hydrogen-bond acceptors (Lipinski definition) is 5. The van der Waals surface area contributed by atoms with Crippen LogP contribution in [-0.2, 0) is 20.4 Å². The molecule has 0 amide bonds. The number of anilines is 1. The Labute approximate surface area is 185 Å². The van der Waals surface area contributed by atoms with Crippen LogP contribution >= 0.6 is 0 Å². The molecular weight excluding hydrogens is 414 g/mol. The van der Waals surface area contributed by atoms with Gasteiger partial charge < -0.3 is 14.6 Å². The van der Waals surface area contributed by atoms with Crippen molar-refractivity contribution in [1.82, 2.24) is 19.2 Å². The monoisotopic (exact) mass is 447 g/mol. The van der Waals surface area contributed by atoms with Gasteiger partial charge in [-0.15, -0.1) is 0 Å². The summed E-state index contributed by atoms with van der Waals surface area (Å²) in [6, 6.07) is 5.73. The van der Waals surface area contributed by atoms with Crippen molar-refractivity contribution < 1.29 is 13.2 Å². The normalized spacial score (nSPS) is 19.0. The molecule has 1 aromatic carbocycles. The van der Waals surface area contributed by atoms with Gasteiger partial charge in [-0.05, 0) is 36.6 Å². The zero-order valence-electron chi connectivity index (χ0n) is 18.9. The summed E-state index contributed by atoms with van der Waals surface area (Å²) in [7, 11) is -1.96. The van der Waals surface area contributed by atoms with Crippen LogP contribution in [-0.4, -0.2) is 68.7 Å². The fourth-order valence-corrected chi connectivity index (χ4v) is 5.44. The highest BCUT2D eigenvalue weighted by molar-refractivity contribution is 7.90. The van der Waals surface area contributed by atoms with Crippen molar-refractivity contribution in [3.8, 4) is 0 Å². The molecule has 0 bridgehead atoms. The zero-order valence-corrected chi connectivity index (χ0v) is 19.7. The maximum atomic E-state index is 13.1. The van der Waals surface area contributed by atoms with E-state index >= 15 is 0 Å². The molecule has 8 nitrogen and oxygen atoms in total. The molecule has 0 unspecified atom stereocenters. The summed E-state index contributed by atoms with van der Waals surface area (Å²) >= 11 is 0. The van der Waals surface area contributed by atoms with Gasteiger partial charge in [0.15, 0.2) is 0 Å². The number of benzene rings is 1. The minimum Gasteiger partial charge on any atom is -0.381 e. The molecule has 0 saturated carbocycles. The van der Waals surface area contributed by atoms with E-state index in [9.17, 15) is 8.42 Å². The van der Waals surface area contributed by atoms with Gasteiger partial charge in [-0.3, -0.25) is 4.31 Å². The first kappa shape index (κ1) is 22.3. The Balaban J connectivity index is 1.74. The van der Waals surface area contributed by atoms with Gasteiger partial charge in [0, 0.05) is 44.8 Å². The Kier molecular flexibility index (Phi) is 6.13. The number of fused-ring (bicyclic) bond motifs is 1. The van der Waals surface area contributed by atoms with Crippen molar-refractivity contribution in [2.24, 2.45) is 0 Å². The van der Waals surface area contributed by atoms with Crippen molar-refractivity contribution in [3.63, 3.8) is 0 Å². The van der Waals surface area contributed by atoms with Crippen LogP contribution in [0.2, 0.25) is 0 Å². The molecule has 0 aliphatic carbocycles. The Bertz CT molecular complexity index is 1070. The van der Waals surface area contributed by atoms with E-state index < -0.39 is 10.2 Å². The molecule has 170 valence electrons. The SMILES string of the molecule is CN(c1ccc2c(c1)nc(C(C)(C)C)n2C=C1CCOCC1)S(=O)(=O)N1CCNCC1. The molecule has 9 heteroatoms. The third-order valence-electron chi connectivity index (χ3n) is 5.90. The largest absolute Gasteiger partial charge is 0.381 e. The fraction of sp³-hybridized carbons (Fsp3) is 0.591. The third kappa shape index (κ3) is 4.50. The van der Waals surface area contributed by atoms with Gasteiger partial charge in [0.25, 0.3) is 0 Å². The second-order valence-electron chi connectivity index (χ2n) is 9.25. The molecule has 2 fully saturated rings. The van der Waals surface area contributed by atoms with E-state index in [-0.39, 0.29) is 5.41 Å². The predicted molar refractivity (Wildman–Crippen MR) is 125 cm³/mol. The first-order chi connectivity index (χ1) is 14.7. The molecule has 31 heavy (non-hydrogen) atoms. The lowest BCUT2D eigenvalue weighted by molar-refractivity contribution is 0.119. The first-order valence-electron chi connectivity index (χ1n) is 10.9. The van der Waals surface area contributed by atoms with Gasteiger partial charge in [-0.25, -0.2) is 4.98 Å². The van der Waals surface area contributed by atoms with Crippen LogP contribution in [0.15, 0.2) is 23.8 Å². The molecule has 1 aromatic heterocycles. The van der Waals surface area contributed by atoms with E-state index in [2.05, 4.69) is 36.9 Å². The summed E-state index contributed by atoms with van der Waals surface area (Å²) in [6.07, 6.45) is 4.04. The molecule has 0 radical (unpaired) electrons. The Hall–Kier alpha value is -1.94. The van der Waals surface area contributed by atoms with Gasteiger partial charge in [0.1, 0.15) is 5.82 Å². The van der Waals surface area contributed by atoms with Crippen LogP contribution in [0.4, 0.5) is 5.69 Å². The lowest BCUT2D eigenvalue weighted by Crippen LogP contribution is -2.51. The van der Waals surface area contributed by atoms with E-state index in [4.69, 9.17) is 9.72 Å². The highest BCUT2D eigenvalue weighted by atomic mass is 32.2. The Morgan fingerprint density at radius 3 is 2.48 bits per heavy atom. The van der Waals surface area contributed by atoms with E-state index in [1.807, 2.05) is 18.2 Å². The van der Waals surface area contributed by atoms with Crippen LogP contribution in [0.1, 0.15) is 39.4 Å². The van der Waals surface area contributed by atoms with Gasteiger partial charge in [0.05, 0.1) is 29.9 Å². The summed E-state index contributed by atoms with van der Waals surface area (Å²) in [6.45, 7) is 10.3. The molecule has 1 N–H and O–H groups in total. The van der Waals surface area contributed by atoms with E-state index in [1.165, 1.54) is 14.2 Å². The molecule has 0 spiro atoms. The first-order valence-corrected chi connectivity index (χ1v) is 12.3. The Morgan fingerprint density at radius 2 is 1.84 bits per heavy atom. The number of hydrogen-bond donors (Lipinski definition) is 1. The third-order valence-corrected chi connectivity index (χ3v) is 7.82. The van der Waals surface area contributed by atoms with Crippen LogP contribution in [0, 0.1) is 0 Å². The number of nitrogens with one attached hydrogen (secondary N) is 1. The average molecular weight is 448 g/mol. The summed E-state index contributed by atoms with van der Waals surface area (Å²) in [5.74, 6) is 0.964. The topological polar surface area (TPSA) is 79.7 Å². The second kappa shape index (κ2) is 8.54. The zero-order chi connectivity index (χ0) is 22.2. The summed E-state index contributed by atoms with van der Waals surface area (Å²) < 4.78 is 36.7. The minimum absolute atomic E-state index is 0.153. The summed E-state index contributed by atoms with van der Waals surface area (Å²) in [5.41, 5.74) is 3.60. The average Bonchev–Trinajstić information content (AvgIpc) is 3.12. The predicted octanol–water partition coefficient (Wildman–Crippen LogP) is 2.57. The van der Waals surface area contributed by atoms with Gasteiger partial charge in [-0.2, -0.15) is 12.7 Å². The van der Waals surface area contributed by atoms with E-state index in [0.29, 0.717) is 31.9 Å². The maximum absolute atomic E-state index is 13.1. The number of rotatable bonds is 4. The van der Waals surface area contributed by atoms with E-state index in [0.717, 1.165) is 42.9 Å². The lowest BCUT2D eigenvalue weighted by atomic mass is 9.95. The van der Waals surface area contributed by atoms with Crippen molar-refractivity contribution >= 4 is 33.1 Å². The highest BCUT2D eigenvalue weighted by Gasteiger charge is 2.29. The van der Waals surface area contributed by atoms with Gasteiger partial charge in [0.2, 0.25) is 0 Å². The molecule has 3 heterocycles. The van der Waals surface area contributed by atoms with Crippen LogP contribution in [0.25, 0.3) is 17.2 Å². The lowest BCUT2D eigenvalue weighted by Gasteiger charge is -2.31. The second-order valence-corrected chi connectivity index (χ2v) is 11.2. The number of nitrogens with zero attached hydrogens (tertiary/aromatic N) is 4. The summed E-state index contributed by atoms with van der Waals surface area (Å²) in [5, 5.41) is 3.20. The quantitative estimate of drug-likeness (QED) is 0.779. The number of piperazine rings is 1. The minimum atomic E-state index is -3.57. The van der Waals surface area contributed by atoms with Crippen molar-refractivity contribution in [3.05, 3.63) is 29.6 Å². The molecule has 4 rings (SSSR count). The Morgan fingerprint density at radius 1 is 1.16 bits per heavy atom. The van der Waals surface area contributed by atoms with Gasteiger partial charge >= 0.3 is 10.2 Å². The molecule has 2 aromatic rings. The molecule has 2 aliphatic rings. The molecular formula is C22H33N5O3S. The number of aromatic nitrogens is 2. The highest BCUT2D eigenvalue weighted by Crippen LogP contribution is 2.31. The van der Waals surface area contributed by atoms with Crippen LogP contribution in [0.3, 0.4) is 0 Å². The molecule has 2 aliphatic heterocycles. The smallest absolute Gasteiger partial charge is 0.303 e. The van der Waals surface area contributed by atoms with E-state index in [1.54, 1.807) is 7.05 Å². The maximum Gasteiger partial charge on any atom is 0.303 e. The molecule has 0 atom stereocenters. The van der Waals surface area contributed by atoms with Crippen LogP contribution in [0.5, 0.6) is 0 Å². The van der Waals surface area contributed by atoms with Crippen LogP contribution < -0.4 is 9.62 Å². The van der Waals surface area contributed by atoms with Crippen molar-refractivity contribution in [2.45, 2.75) is 39.0 Å². The number of imidazole rings is 1. The molecule has 2 saturated heterocycles. The van der Waals surface area contributed by atoms with Crippen molar-refractivity contribution in [2.75, 3.05) is 50.7 Å². The van der Waals surface area contributed by atoms with Crippen molar-refractivity contribution in [1.29, 1.82) is 0 Å². The fourth-order valence-electron chi connectivity index (χ4n) is 4.07. The standard InChI is InChI=1S/C22H33N5O3S/c1-22(2,3)21-24-19-15-18(25(4)31(28,29)26-11-9-23-10-12-26)5-6-20(19)27(21)16-17-7-13-30-14-8-17/h5-6,15-16,23H,7-14H2,1-4H3.